The van der Waals surface area contributed by atoms with E-state index in [1.165, 1.54) is 115 Å². The Labute approximate surface area is 648 Å². The molecule has 0 unspecified atom stereocenters. The maximum absolute atomic E-state index is 12.6. The predicted molar refractivity (Wildman–Crippen MR) is 426 cm³/mol. The molecule has 5 heterocycles. The third-order valence-electron chi connectivity index (χ3n) is 25.5. The highest BCUT2D eigenvalue weighted by Gasteiger charge is 2.45. The maximum Gasteiger partial charge on any atom is 0.332 e. The van der Waals surface area contributed by atoms with Crippen LogP contribution in [0, 0.1) is 11.3 Å². The molecule has 5 saturated heterocycles. The maximum atomic E-state index is 12.6. The minimum absolute atomic E-state index is 0.258. The van der Waals surface area contributed by atoms with E-state index in [0.29, 0.717) is 57.1 Å². The van der Waals surface area contributed by atoms with Gasteiger partial charge in [0.25, 0.3) is 0 Å². The number of nitrogens with one attached hydrogen (secondary N) is 9. The number of urea groups is 4. The number of aryl methyl sites for hydroxylation is 8. The van der Waals surface area contributed by atoms with Crippen LogP contribution < -0.4 is 40.2 Å². The lowest BCUT2D eigenvalue weighted by atomic mass is 9.99. The van der Waals surface area contributed by atoms with E-state index in [-0.39, 0.29) is 13.1 Å². The van der Waals surface area contributed by atoms with Crippen LogP contribution in [0.2, 0.25) is 0 Å². The van der Waals surface area contributed by atoms with E-state index in [0.717, 1.165) is 210 Å². The molecule has 598 valence electrons. The SMILES string of the molecule is CC(=N)N1CC(S(=O)(=O)NC(=O)Nc2c3c(cc4c2CCC4)CCC3)C1.CN(C)CCN1CC(S(=O)(=O)NC(=O)Nc2c3c(cc4c2CCC4)CCC3)C1.O=C(Nc1c2c(cc3c1CCC3)CCC2)NS(=O)(=O)C1CN(C2CCCC2)C1.O=C(Nc1c2c(cc3c1CCC3)CCC2)NS(=O)(=O)C1CN(CC2COC2)C1. The highest BCUT2D eigenvalue weighted by molar-refractivity contribution is 7.91. The summed E-state index contributed by atoms with van der Waals surface area (Å²) in [6.45, 7) is 9.29. The summed E-state index contributed by atoms with van der Waals surface area (Å²) in [6.07, 6.45) is 29.5. The van der Waals surface area contributed by atoms with Gasteiger partial charge in [-0.15, -0.1) is 0 Å². The first-order valence-electron chi connectivity index (χ1n) is 40.4. The molecular weight excluding hydrogens is 1480 g/mol. The van der Waals surface area contributed by atoms with Crippen LogP contribution in [-0.4, -0.2) is 214 Å². The molecule has 18 rings (SSSR count). The van der Waals surface area contributed by atoms with Gasteiger partial charge >= 0.3 is 24.1 Å². The number of fused-ring (bicyclic) bond motifs is 8. The first kappa shape index (κ1) is 78.3. The fourth-order valence-electron chi connectivity index (χ4n) is 19.3. The standard InChI is InChI=1S/C21H29N3O3S.C20H30N4O3S.C20H27N3O4S.C18H24N4O3S/c25-21(23-28(26,27)17-12-24(13-17)16-7-1-2-8-16)22-20-18-9-3-5-14(18)11-15-6-4-10-19(15)20;1-23(2)9-10-24-12-16(13-24)28(26,27)22-20(25)21-19-17-7-3-5-14(17)11-15-6-4-8-18(15)19;24-20(22-28(25,26)16-9-23(10-16)8-13-11-27-12-13)21-19-17-5-1-3-14(17)7-15-4-2-6-18(15)19;1-11(19)22-9-14(10-22)26(24,25)21-18(23)20-17-15-6-2-4-12(15)8-13-5-3-7-16(13)17/h11,16-17H,1-10,12-13H2,(H2,22,23,25);11,16H,3-10,12-13H2,1-2H3,(H2,21,22,25);7,13,16H,1-6,8-12H2,(H2,21,22,24);8,14,19H,2-7,9-10H2,1H3,(H2,20,21,23). The largest absolute Gasteiger partial charge is 0.381 e. The third kappa shape index (κ3) is 17.1. The van der Waals surface area contributed by atoms with Gasteiger partial charge in [-0.2, -0.15) is 0 Å². The zero-order chi connectivity index (χ0) is 77.0. The number of carbonyl (C=O) groups is 4. The van der Waals surface area contributed by atoms with Gasteiger partial charge < -0.3 is 40.7 Å². The Morgan fingerprint density at radius 2 is 0.673 bits per heavy atom. The number of sulfonamides is 4. The lowest BCUT2D eigenvalue weighted by molar-refractivity contribution is -0.0530. The van der Waals surface area contributed by atoms with Crippen molar-refractivity contribution in [1.82, 2.24) is 43.4 Å². The summed E-state index contributed by atoms with van der Waals surface area (Å²) in [5.41, 5.74) is 23.5. The number of nitrogens with zero attached hydrogens (tertiary/aromatic N) is 5. The number of likely N-dealkylation sites (N-methyl/N-ethyl adjacent to an activating group) is 1. The van der Waals surface area contributed by atoms with E-state index in [1.807, 2.05) is 14.1 Å². The lowest BCUT2D eigenvalue weighted by Gasteiger charge is -2.42. The van der Waals surface area contributed by atoms with E-state index in [9.17, 15) is 52.8 Å². The molecule has 110 heavy (non-hydrogen) atoms. The Morgan fingerprint density at radius 1 is 0.400 bits per heavy atom. The van der Waals surface area contributed by atoms with Crippen molar-refractivity contribution in [3.05, 3.63) is 113 Å². The number of anilines is 4. The molecule has 4 aromatic carbocycles. The number of amides is 8. The zero-order valence-electron chi connectivity index (χ0n) is 63.9. The summed E-state index contributed by atoms with van der Waals surface area (Å²) in [5, 5.41) is 16.9. The molecule has 0 atom stereocenters. The molecule has 27 nitrogen and oxygen atoms in total. The van der Waals surface area contributed by atoms with Crippen LogP contribution in [0.1, 0.15) is 173 Å². The number of hydrogen-bond donors (Lipinski definition) is 9. The van der Waals surface area contributed by atoms with Gasteiger partial charge in [-0.1, -0.05) is 37.1 Å². The highest BCUT2D eigenvalue weighted by Crippen LogP contribution is 2.43. The quantitative estimate of drug-likeness (QED) is 0.0347. The fourth-order valence-corrected chi connectivity index (χ4v) is 24.3. The van der Waals surface area contributed by atoms with Crippen molar-refractivity contribution in [2.24, 2.45) is 5.92 Å². The molecule has 0 spiro atoms. The lowest BCUT2D eigenvalue weighted by Crippen LogP contribution is -2.60. The van der Waals surface area contributed by atoms with Gasteiger partial charge in [-0.25, -0.2) is 71.7 Å². The summed E-state index contributed by atoms with van der Waals surface area (Å²) < 4.78 is 114. The summed E-state index contributed by atoms with van der Waals surface area (Å²) in [5.74, 6) is 0.860. The smallest absolute Gasteiger partial charge is 0.332 e. The number of likely N-dealkylation sites (tertiary alicyclic amines) is 4. The average Bonchev–Trinajstić information content (AvgIpc) is 1.55. The Bertz CT molecular complexity index is 4620. The number of ether oxygens (including phenoxy) is 1. The van der Waals surface area contributed by atoms with Crippen molar-refractivity contribution in [3.8, 4) is 0 Å². The molecule has 9 aliphatic carbocycles. The molecule has 14 aliphatic rings. The summed E-state index contributed by atoms with van der Waals surface area (Å²) in [6, 6.07) is 7.17. The molecule has 9 N–H and O–H groups in total. The predicted octanol–water partition coefficient (Wildman–Crippen LogP) is 7.35. The number of amidine groups is 1. The van der Waals surface area contributed by atoms with Crippen molar-refractivity contribution >= 4 is 92.8 Å². The van der Waals surface area contributed by atoms with E-state index in [1.54, 1.807) is 11.8 Å². The van der Waals surface area contributed by atoms with Crippen molar-refractivity contribution in [2.75, 3.05) is 121 Å². The molecule has 6 fully saturated rings. The van der Waals surface area contributed by atoms with Crippen LogP contribution in [0.3, 0.4) is 0 Å². The first-order chi connectivity index (χ1) is 52.7. The van der Waals surface area contributed by atoms with Crippen LogP contribution in [0.4, 0.5) is 41.9 Å². The van der Waals surface area contributed by atoms with E-state index in [4.69, 9.17) is 10.1 Å². The highest BCUT2D eigenvalue weighted by atomic mass is 32.2. The summed E-state index contributed by atoms with van der Waals surface area (Å²) >= 11 is 0. The van der Waals surface area contributed by atoms with Gasteiger partial charge in [0, 0.05) is 107 Å². The first-order valence-corrected chi connectivity index (χ1v) is 46.5. The Balaban J connectivity index is 0.000000117. The van der Waals surface area contributed by atoms with Crippen molar-refractivity contribution in [3.63, 3.8) is 0 Å². The molecule has 4 aromatic rings. The second kappa shape index (κ2) is 32.5. The minimum atomic E-state index is -3.74. The Kier molecular flexibility index (Phi) is 23.1. The molecule has 0 radical (unpaired) electrons. The zero-order valence-corrected chi connectivity index (χ0v) is 67.2. The van der Waals surface area contributed by atoms with Gasteiger partial charge in [0.1, 0.15) is 21.0 Å². The normalized spacial score (nSPS) is 20.9. The summed E-state index contributed by atoms with van der Waals surface area (Å²) in [7, 11) is -10.7. The topological polar surface area (TPSA) is 350 Å². The average molecular weight is 1590 g/mol. The number of benzene rings is 4. The number of rotatable bonds is 18. The van der Waals surface area contributed by atoms with Gasteiger partial charge in [-0.3, -0.25) is 15.2 Å². The van der Waals surface area contributed by atoms with Crippen LogP contribution >= 0.6 is 0 Å². The van der Waals surface area contributed by atoms with Crippen LogP contribution in [0.25, 0.3) is 0 Å². The van der Waals surface area contributed by atoms with E-state index < -0.39 is 85.2 Å². The van der Waals surface area contributed by atoms with Crippen molar-refractivity contribution in [1.29, 1.82) is 5.41 Å². The van der Waals surface area contributed by atoms with Gasteiger partial charge in [0.15, 0.2) is 0 Å². The second-order valence-electron chi connectivity index (χ2n) is 33.4. The molecule has 0 bridgehead atoms. The van der Waals surface area contributed by atoms with Gasteiger partial charge in [-0.05, 0) is 277 Å². The van der Waals surface area contributed by atoms with Gasteiger partial charge in [0.2, 0.25) is 40.1 Å². The molecule has 1 saturated carbocycles. The Morgan fingerprint density at radius 3 is 0.936 bits per heavy atom. The number of carbonyl (C=O) groups excluding carboxylic acids is 4. The van der Waals surface area contributed by atoms with E-state index in [2.05, 4.69) is 84.0 Å². The molecule has 31 heteroatoms. The van der Waals surface area contributed by atoms with Crippen LogP contribution in [-0.2, 0) is 148 Å². The molecule has 5 aliphatic heterocycles. The molecule has 0 aromatic heterocycles. The van der Waals surface area contributed by atoms with Crippen LogP contribution in [0.15, 0.2) is 24.3 Å². The third-order valence-corrected chi connectivity index (χ3v) is 32.1. The monoisotopic (exact) mass is 1590 g/mol. The molecular formula is C79H110N14O13S4. The fraction of sp³-hybridized carbons (Fsp3) is 0.633. The molecule has 8 amide bonds. The van der Waals surface area contributed by atoms with Crippen molar-refractivity contribution < 1.29 is 57.6 Å². The van der Waals surface area contributed by atoms with Crippen LogP contribution in [0.5, 0.6) is 0 Å². The Hall–Kier alpha value is -6.97. The van der Waals surface area contributed by atoms with Gasteiger partial charge in [0.05, 0.1) is 19.0 Å². The van der Waals surface area contributed by atoms with E-state index >= 15 is 0 Å². The minimum Gasteiger partial charge on any atom is -0.381 e. The van der Waals surface area contributed by atoms with Crippen molar-refractivity contribution in [2.45, 2.75) is 214 Å². The second-order valence-corrected chi connectivity index (χ2v) is 41.2. The summed E-state index contributed by atoms with van der Waals surface area (Å²) in [4.78, 5) is 60.3. The number of hydrogen-bond acceptors (Lipinski definition) is 18.